The molecule has 0 saturated heterocycles. The van der Waals surface area contributed by atoms with Gasteiger partial charge in [-0.25, -0.2) is 4.68 Å². The van der Waals surface area contributed by atoms with E-state index in [2.05, 4.69) is 22.6 Å². The van der Waals surface area contributed by atoms with Crippen LogP contribution in [0.15, 0.2) is 6.20 Å². The van der Waals surface area contributed by atoms with Crippen LogP contribution in [0.4, 0.5) is 0 Å². The molecule has 1 rings (SSSR count). The average Bonchev–Trinajstić information content (AvgIpc) is 2.77. The molecule has 96 valence electrons. The zero-order valence-electron chi connectivity index (χ0n) is 10.5. The molecule has 0 aliphatic carbocycles. The van der Waals surface area contributed by atoms with Gasteiger partial charge in [-0.15, -0.1) is 5.10 Å². The van der Waals surface area contributed by atoms with Crippen molar-refractivity contribution >= 4 is 5.91 Å². The van der Waals surface area contributed by atoms with E-state index in [1.807, 2.05) is 6.92 Å². The molecule has 1 amide bonds. The Morgan fingerprint density at radius 2 is 2.35 bits per heavy atom. The molecule has 3 N–H and O–H groups in total. The fraction of sp³-hybridized carbons (Fsp3) is 0.727. The van der Waals surface area contributed by atoms with Crippen molar-refractivity contribution in [3.05, 3.63) is 11.9 Å². The summed E-state index contributed by atoms with van der Waals surface area (Å²) in [4.78, 5) is 11.5. The van der Waals surface area contributed by atoms with Gasteiger partial charge >= 0.3 is 0 Å². The van der Waals surface area contributed by atoms with Crippen LogP contribution in [0.2, 0.25) is 0 Å². The topological polar surface area (TPSA) is 85.8 Å². The van der Waals surface area contributed by atoms with Gasteiger partial charge in [0.15, 0.2) is 0 Å². The predicted molar refractivity (Wildman–Crippen MR) is 65.2 cm³/mol. The lowest BCUT2D eigenvalue weighted by atomic mass is 10.2. The Hall–Kier alpha value is -1.43. The maximum Gasteiger partial charge on any atom is 0.241 e. The number of carbonyl (C=O) groups excluding carboxylic acids is 1. The number of aromatic nitrogens is 3. The quantitative estimate of drug-likeness (QED) is 0.682. The summed E-state index contributed by atoms with van der Waals surface area (Å²) in [6, 6.07) is -0.105. The fourth-order valence-electron chi connectivity index (χ4n) is 1.38. The predicted octanol–water partition coefficient (Wildman–Crippen LogP) is 0.604. The SMILES string of the molecule is CCCCNC(=O)Cn1cc(C(N)CC)nn1. The highest BCUT2D eigenvalue weighted by Gasteiger charge is 2.09. The number of hydrogen-bond acceptors (Lipinski definition) is 4. The van der Waals surface area contributed by atoms with E-state index >= 15 is 0 Å². The number of nitrogens with one attached hydrogen (secondary N) is 1. The van der Waals surface area contributed by atoms with E-state index in [4.69, 9.17) is 5.73 Å². The van der Waals surface area contributed by atoms with E-state index in [0.717, 1.165) is 25.0 Å². The molecule has 6 nitrogen and oxygen atoms in total. The molecule has 0 aromatic carbocycles. The minimum Gasteiger partial charge on any atom is -0.354 e. The van der Waals surface area contributed by atoms with Gasteiger partial charge in [0, 0.05) is 6.54 Å². The smallest absolute Gasteiger partial charge is 0.241 e. The summed E-state index contributed by atoms with van der Waals surface area (Å²) in [5.41, 5.74) is 6.55. The molecule has 0 radical (unpaired) electrons. The van der Waals surface area contributed by atoms with Crippen molar-refractivity contribution in [3.8, 4) is 0 Å². The van der Waals surface area contributed by atoms with E-state index in [1.165, 1.54) is 4.68 Å². The van der Waals surface area contributed by atoms with Gasteiger partial charge in [-0.3, -0.25) is 4.79 Å². The molecule has 0 fully saturated rings. The van der Waals surface area contributed by atoms with Crippen molar-refractivity contribution in [2.75, 3.05) is 6.54 Å². The van der Waals surface area contributed by atoms with E-state index in [0.29, 0.717) is 6.54 Å². The summed E-state index contributed by atoms with van der Waals surface area (Å²) >= 11 is 0. The summed E-state index contributed by atoms with van der Waals surface area (Å²) in [6.07, 6.45) is 4.60. The molecule has 1 aromatic rings. The second kappa shape index (κ2) is 7.01. The van der Waals surface area contributed by atoms with Gasteiger partial charge in [-0.1, -0.05) is 25.5 Å². The van der Waals surface area contributed by atoms with Crippen molar-refractivity contribution in [3.63, 3.8) is 0 Å². The Morgan fingerprint density at radius 1 is 1.59 bits per heavy atom. The Balaban J connectivity index is 2.40. The van der Waals surface area contributed by atoms with Gasteiger partial charge in [0.1, 0.15) is 6.54 Å². The van der Waals surface area contributed by atoms with Gasteiger partial charge in [0.2, 0.25) is 5.91 Å². The number of amides is 1. The maximum absolute atomic E-state index is 11.5. The van der Waals surface area contributed by atoms with Crippen LogP contribution < -0.4 is 11.1 Å². The summed E-state index contributed by atoms with van der Waals surface area (Å²) < 4.78 is 1.52. The molecule has 0 bridgehead atoms. The molecule has 0 saturated carbocycles. The van der Waals surface area contributed by atoms with Crippen molar-refractivity contribution in [2.24, 2.45) is 5.73 Å². The lowest BCUT2D eigenvalue weighted by molar-refractivity contribution is -0.121. The Morgan fingerprint density at radius 3 is 3.00 bits per heavy atom. The van der Waals surface area contributed by atoms with Crippen LogP contribution in [-0.2, 0) is 11.3 Å². The fourth-order valence-corrected chi connectivity index (χ4v) is 1.38. The zero-order chi connectivity index (χ0) is 12.7. The molecular formula is C11H21N5O. The highest BCUT2D eigenvalue weighted by atomic mass is 16.2. The van der Waals surface area contributed by atoms with Crippen LogP contribution in [0.1, 0.15) is 44.8 Å². The second-order valence-electron chi connectivity index (χ2n) is 4.06. The number of nitrogens with two attached hydrogens (primary N) is 1. The molecule has 0 aliphatic heterocycles. The van der Waals surface area contributed by atoms with Gasteiger partial charge in [0.25, 0.3) is 0 Å². The van der Waals surface area contributed by atoms with Crippen molar-refractivity contribution in [1.82, 2.24) is 20.3 Å². The molecular weight excluding hydrogens is 218 g/mol. The third-order valence-corrected chi connectivity index (χ3v) is 2.53. The third kappa shape index (κ3) is 4.52. The molecule has 6 heteroatoms. The molecule has 1 heterocycles. The number of unbranched alkanes of at least 4 members (excludes halogenated alkanes) is 1. The van der Waals surface area contributed by atoms with Crippen LogP contribution in [0.5, 0.6) is 0 Å². The Labute approximate surface area is 102 Å². The van der Waals surface area contributed by atoms with Crippen molar-refractivity contribution < 1.29 is 4.79 Å². The first-order valence-corrected chi connectivity index (χ1v) is 6.09. The number of hydrogen-bond donors (Lipinski definition) is 2. The highest BCUT2D eigenvalue weighted by molar-refractivity contribution is 5.75. The zero-order valence-corrected chi connectivity index (χ0v) is 10.5. The maximum atomic E-state index is 11.5. The van der Waals surface area contributed by atoms with Crippen LogP contribution >= 0.6 is 0 Å². The summed E-state index contributed by atoms with van der Waals surface area (Å²) in [6.45, 7) is 4.99. The molecule has 1 unspecified atom stereocenters. The van der Waals surface area contributed by atoms with Crippen LogP contribution in [0.3, 0.4) is 0 Å². The largest absolute Gasteiger partial charge is 0.354 e. The van der Waals surface area contributed by atoms with Crippen LogP contribution in [0, 0.1) is 0 Å². The summed E-state index contributed by atoms with van der Waals surface area (Å²) in [5.74, 6) is -0.0417. The average molecular weight is 239 g/mol. The molecule has 1 atom stereocenters. The lowest BCUT2D eigenvalue weighted by Gasteiger charge is -2.04. The minimum absolute atomic E-state index is 0.0417. The molecule has 17 heavy (non-hydrogen) atoms. The minimum atomic E-state index is -0.105. The molecule has 0 aliphatic rings. The molecule has 1 aromatic heterocycles. The van der Waals surface area contributed by atoms with Crippen molar-refractivity contribution in [1.29, 1.82) is 0 Å². The van der Waals surface area contributed by atoms with E-state index in [1.54, 1.807) is 6.20 Å². The summed E-state index contributed by atoms with van der Waals surface area (Å²) in [7, 11) is 0. The second-order valence-corrected chi connectivity index (χ2v) is 4.06. The van der Waals surface area contributed by atoms with Crippen LogP contribution in [-0.4, -0.2) is 27.4 Å². The van der Waals surface area contributed by atoms with Crippen molar-refractivity contribution in [2.45, 2.75) is 45.7 Å². The molecule has 0 spiro atoms. The monoisotopic (exact) mass is 239 g/mol. The standard InChI is InChI=1S/C11H21N5O/c1-3-5-6-13-11(17)8-16-7-10(14-15-16)9(12)4-2/h7,9H,3-6,8,12H2,1-2H3,(H,13,17). The number of rotatable bonds is 7. The Kier molecular flexibility index (Phi) is 5.62. The van der Waals surface area contributed by atoms with Crippen LogP contribution in [0.25, 0.3) is 0 Å². The highest BCUT2D eigenvalue weighted by Crippen LogP contribution is 2.08. The van der Waals surface area contributed by atoms with Gasteiger partial charge in [0.05, 0.1) is 17.9 Å². The number of nitrogens with zero attached hydrogens (tertiary/aromatic N) is 3. The first-order valence-electron chi connectivity index (χ1n) is 6.09. The number of carbonyl (C=O) groups is 1. The first-order chi connectivity index (χ1) is 8.17. The van der Waals surface area contributed by atoms with E-state index in [-0.39, 0.29) is 18.5 Å². The van der Waals surface area contributed by atoms with E-state index in [9.17, 15) is 4.79 Å². The van der Waals surface area contributed by atoms with Gasteiger partial charge in [-0.05, 0) is 12.8 Å². The lowest BCUT2D eigenvalue weighted by Crippen LogP contribution is -2.28. The Bertz CT molecular complexity index is 349. The van der Waals surface area contributed by atoms with Gasteiger partial charge in [-0.2, -0.15) is 0 Å². The van der Waals surface area contributed by atoms with E-state index < -0.39 is 0 Å². The van der Waals surface area contributed by atoms with Gasteiger partial charge < -0.3 is 11.1 Å². The first kappa shape index (κ1) is 13.6. The third-order valence-electron chi connectivity index (χ3n) is 2.53. The summed E-state index contributed by atoms with van der Waals surface area (Å²) in [5, 5.41) is 10.6. The normalized spacial score (nSPS) is 12.4.